The molecule has 2 N–H and O–H groups in total. The Kier molecular flexibility index (Phi) is 3.25. The van der Waals surface area contributed by atoms with Crippen LogP contribution in [-0.4, -0.2) is 34.9 Å². The molecule has 1 aromatic carbocycles. The molecule has 1 aliphatic heterocycles. The Balaban J connectivity index is 1.95. The Labute approximate surface area is 112 Å². The molecule has 2 heterocycles. The standard InChI is InChI=1S/C15H18N2O2/c18-8-5-11-4-7-17(10-11)15-14-9-13(19)2-1-12(14)3-6-16-15/h1-3,6,9,11,18-19H,4-5,7-8,10H2. The topological polar surface area (TPSA) is 56.6 Å². The van der Waals surface area contributed by atoms with E-state index in [1.807, 2.05) is 18.3 Å². The average Bonchev–Trinajstić information content (AvgIpc) is 2.87. The smallest absolute Gasteiger partial charge is 0.136 e. The molecule has 0 radical (unpaired) electrons. The third kappa shape index (κ3) is 2.36. The lowest BCUT2D eigenvalue weighted by Crippen LogP contribution is -2.21. The Hall–Kier alpha value is -1.81. The van der Waals surface area contributed by atoms with E-state index in [0.29, 0.717) is 5.92 Å². The van der Waals surface area contributed by atoms with Crippen molar-refractivity contribution in [3.05, 3.63) is 30.5 Å². The lowest BCUT2D eigenvalue weighted by Gasteiger charge is -2.19. The average molecular weight is 258 g/mol. The summed E-state index contributed by atoms with van der Waals surface area (Å²) < 4.78 is 0. The number of hydrogen-bond donors (Lipinski definition) is 2. The number of nitrogens with zero attached hydrogens (tertiary/aromatic N) is 2. The zero-order valence-corrected chi connectivity index (χ0v) is 10.8. The molecule has 0 aliphatic carbocycles. The predicted octanol–water partition coefficient (Wildman–Crippen LogP) is 2.15. The Bertz CT molecular complexity index is 585. The van der Waals surface area contributed by atoms with Gasteiger partial charge in [0.1, 0.15) is 11.6 Å². The van der Waals surface area contributed by atoms with Gasteiger partial charge >= 0.3 is 0 Å². The van der Waals surface area contributed by atoms with Gasteiger partial charge in [-0.05, 0) is 42.3 Å². The number of fused-ring (bicyclic) bond motifs is 1. The molecule has 0 bridgehead atoms. The van der Waals surface area contributed by atoms with Crippen molar-refractivity contribution < 1.29 is 10.2 Å². The molecule has 0 saturated carbocycles. The third-order valence-corrected chi connectivity index (χ3v) is 3.85. The van der Waals surface area contributed by atoms with Crippen molar-refractivity contribution in [3.8, 4) is 5.75 Å². The molecule has 1 aliphatic rings. The molecule has 1 saturated heterocycles. The van der Waals surface area contributed by atoms with Crippen LogP contribution in [0.5, 0.6) is 5.75 Å². The van der Waals surface area contributed by atoms with E-state index in [1.54, 1.807) is 12.1 Å². The minimum atomic E-state index is 0.252. The summed E-state index contributed by atoms with van der Waals surface area (Å²) >= 11 is 0. The summed E-state index contributed by atoms with van der Waals surface area (Å²) in [6.07, 6.45) is 3.76. The number of hydrogen-bond acceptors (Lipinski definition) is 4. The van der Waals surface area contributed by atoms with Crippen molar-refractivity contribution >= 4 is 16.6 Å². The molecule has 0 amide bonds. The van der Waals surface area contributed by atoms with E-state index in [-0.39, 0.29) is 12.4 Å². The molecule has 2 aromatic rings. The van der Waals surface area contributed by atoms with Crippen LogP contribution in [0.1, 0.15) is 12.8 Å². The first-order chi connectivity index (χ1) is 9.28. The first-order valence-corrected chi connectivity index (χ1v) is 6.71. The van der Waals surface area contributed by atoms with Crippen molar-refractivity contribution in [2.75, 3.05) is 24.6 Å². The van der Waals surface area contributed by atoms with E-state index in [9.17, 15) is 5.11 Å². The van der Waals surface area contributed by atoms with E-state index in [4.69, 9.17) is 5.11 Å². The Morgan fingerprint density at radius 2 is 2.21 bits per heavy atom. The van der Waals surface area contributed by atoms with Crippen LogP contribution in [0.4, 0.5) is 5.82 Å². The molecular weight excluding hydrogens is 240 g/mol. The van der Waals surface area contributed by atoms with Gasteiger partial charge in [-0.2, -0.15) is 0 Å². The zero-order chi connectivity index (χ0) is 13.2. The maximum Gasteiger partial charge on any atom is 0.136 e. The molecule has 1 unspecified atom stereocenters. The summed E-state index contributed by atoms with van der Waals surface area (Å²) in [5.74, 6) is 1.75. The van der Waals surface area contributed by atoms with Crippen LogP contribution in [0, 0.1) is 5.92 Å². The highest BCUT2D eigenvalue weighted by atomic mass is 16.3. The fraction of sp³-hybridized carbons (Fsp3) is 0.400. The van der Waals surface area contributed by atoms with Crippen molar-refractivity contribution in [2.45, 2.75) is 12.8 Å². The third-order valence-electron chi connectivity index (χ3n) is 3.85. The Morgan fingerprint density at radius 1 is 1.32 bits per heavy atom. The van der Waals surface area contributed by atoms with Gasteiger partial charge in [0.15, 0.2) is 0 Å². The maximum atomic E-state index is 9.65. The number of phenols is 1. The second-order valence-electron chi connectivity index (χ2n) is 5.15. The number of benzene rings is 1. The summed E-state index contributed by atoms with van der Waals surface area (Å²) in [4.78, 5) is 6.73. The molecular formula is C15H18N2O2. The monoisotopic (exact) mass is 258 g/mol. The second-order valence-corrected chi connectivity index (χ2v) is 5.15. The lowest BCUT2D eigenvalue weighted by atomic mass is 10.1. The fourth-order valence-electron chi connectivity index (χ4n) is 2.84. The first-order valence-electron chi connectivity index (χ1n) is 6.71. The molecule has 0 spiro atoms. The van der Waals surface area contributed by atoms with Crippen LogP contribution in [0.2, 0.25) is 0 Å². The first kappa shape index (κ1) is 12.2. The number of aliphatic hydroxyl groups is 1. The minimum Gasteiger partial charge on any atom is -0.508 e. The molecule has 19 heavy (non-hydrogen) atoms. The van der Waals surface area contributed by atoms with Gasteiger partial charge in [-0.1, -0.05) is 6.07 Å². The number of aliphatic hydroxyl groups excluding tert-OH is 1. The summed E-state index contributed by atoms with van der Waals surface area (Å²) in [7, 11) is 0. The van der Waals surface area contributed by atoms with Crippen LogP contribution in [0.3, 0.4) is 0 Å². The lowest BCUT2D eigenvalue weighted by molar-refractivity contribution is 0.263. The molecule has 1 fully saturated rings. The summed E-state index contributed by atoms with van der Waals surface area (Å²) in [6.45, 7) is 2.15. The van der Waals surface area contributed by atoms with Gasteiger partial charge < -0.3 is 15.1 Å². The molecule has 100 valence electrons. The van der Waals surface area contributed by atoms with E-state index < -0.39 is 0 Å². The van der Waals surface area contributed by atoms with Gasteiger partial charge in [-0.15, -0.1) is 0 Å². The molecule has 1 aromatic heterocycles. The molecule has 4 heteroatoms. The van der Waals surface area contributed by atoms with Gasteiger partial charge in [0.2, 0.25) is 0 Å². The van der Waals surface area contributed by atoms with Crippen molar-refractivity contribution in [3.63, 3.8) is 0 Å². The van der Waals surface area contributed by atoms with Crippen LogP contribution in [-0.2, 0) is 0 Å². The Morgan fingerprint density at radius 3 is 3.05 bits per heavy atom. The van der Waals surface area contributed by atoms with Gasteiger partial charge in [0.05, 0.1) is 0 Å². The summed E-state index contributed by atoms with van der Waals surface area (Å²) in [5.41, 5.74) is 0. The largest absolute Gasteiger partial charge is 0.508 e. The SMILES string of the molecule is OCCC1CCN(c2nccc3ccc(O)cc23)C1. The van der Waals surface area contributed by atoms with Crippen LogP contribution in [0.25, 0.3) is 10.8 Å². The number of rotatable bonds is 3. The molecule has 1 atom stereocenters. The minimum absolute atomic E-state index is 0.252. The normalized spacial score (nSPS) is 19.2. The second kappa shape index (κ2) is 5.05. The van der Waals surface area contributed by atoms with Crippen LogP contribution >= 0.6 is 0 Å². The quantitative estimate of drug-likeness (QED) is 0.885. The number of phenolic OH excluding ortho intramolecular Hbond substituents is 1. The highest BCUT2D eigenvalue weighted by Crippen LogP contribution is 2.31. The maximum absolute atomic E-state index is 9.65. The van der Waals surface area contributed by atoms with E-state index >= 15 is 0 Å². The molecule has 4 nitrogen and oxygen atoms in total. The van der Waals surface area contributed by atoms with E-state index in [1.165, 1.54) is 0 Å². The van der Waals surface area contributed by atoms with Gasteiger partial charge in [-0.25, -0.2) is 4.98 Å². The van der Waals surface area contributed by atoms with Gasteiger partial charge in [0, 0.05) is 31.3 Å². The highest BCUT2D eigenvalue weighted by molar-refractivity contribution is 5.93. The number of pyridine rings is 1. The van der Waals surface area contributed by atoms with Crippen molar-refractivity contribution in [1.82, 2.24) is 4.98 Å². The van der Waals surface area contributed by atoms with Crippen LogP contribution < -0.4 is 4.90 Å². The van der Waals surface area contributed by atoms with Gasteiger partial charge in [0.25, 0.3) is 0 Å². The van der Waals surface area contributed by atoms with E-state index in [2.05, 4.69) is 9.88 Å². The fourth-order valence-corrected chi connectivity index (χ4v) is 2.84. The summed E-state index contributed by atoms with van der Waals surface area (Å²) in [5, 5.41) is 20.8. The number of aromatic nitrogens is 1. The van der Waals surface area contributed by atoms with E-state index in [0.717, 1.165) is 42.5 Å². The van der Waals surface area contributed by atoms with Crippen molar-refractivity contribution in [1.29, 1.82) is 0 Å². The van der Waals surface area contributed by atoms with Crippen molar-refractivity contribution in [2.24, 2.45) is 5.92 Å². The zero-order valence-electron chi connectivity index (χ0n) is 10.8. The number of aromatic hydroxyl groups is 1. The van der Waals surface area contributed by atoms with Crippen LogP contribution in [0.15, 0.2) is 30.5 Å². The predicted molar refractivity (Wildman–Crippen MR) is 75.4 cm³/mol. The highest BCUT2D eigenvalue weighted by Gasteiger charge is 2.24. The van der Waals surface area contributed by atoms with Gasteiger partial charge in [-0.3, -0.25) is 0 Å². The number of anilines is 1. The molecule has 3 rings (SSSR count). The summed E-state index contributed by atoms with van der Waals surface area (Å²) in [6, 6.07) is 7.35.